The van der Waals surface area contributed by atoms with Crippen LogP contribution in [0.3, 0.4) is 0 Å². The Kier molecular flexibility index (Phi) is 4.17. The predicted octanol–water partition coefficient (Wildman–Crippen LogP) is 1.42. The van der Waals surface area contributed by atoms with Crippen molar-refractivity contribution in [2.75, 3.05) is 5.75 Å². The van der Waals surface area contributed by atoms with Gasteiger partial charge in [0.15, 0.2) is 0 Å². The third kappa shape index (κ3) is 3.10. The van der Waals surface area contributed by atoms with E-state index < -0.39 is 23.9 Å². The van der Waals surface area contributed by atoms with Crippen molar-refractivity contribution in [3.8, 4) is 0 Å². The molecular formula is C9H10F3NO2S. The van der Waals surface area contributed by atoms with Gasteiger partial charge < -0.3 is 10.2 Å². The summed E-state index contributed by atoms with van der Waals surface area (Å²) in [6.45, 7) is 0. The molecule has 0 saturated carbocycles. The number of rotatable bonds is 3. The van der Waals surface area contributed by atoms with Gasteiger partial charge in [-0.25, -0.2) is 0 Å². The summed E-state index contributed by atoms with van der Waals surface area (Å²) in [7, 11) is 0. The van der Waals surface area contributed by atoms with Gasteiger partial charge >= 0.3 is 6.18 Å². The zero-order valence-corrected chi connectivity index (χ0v) is 8.91. The van der Waals surface area contributed by atoms with Crippen molar-refractivity contribution in [2.45, 2.75) is 18.4 Å². The van der Waals surface area contributed by atoms with E-state index in [-0.39, 0.29) is 11.4 Å². The fourth-order valence-electron chi connectivity index (χ4n) is 1.08. The molecule has 0 aliphatic carbocycles. The maximum Gasteiger partial charge on any atom is 0.416 e. The fraction of sp³-hybridized carbons (Fsp3) is 0.444. The van der Waals surface area contributed by atoms with E-state index in [1.807, 2.05) is 0 Å². The van der Waals surface area contributed by atoms with Crippen LogP contribution in [0, 0.1) is 0 Å². The number of nitrogens with zero attached hydrogens (tertiary/aromatic N) is 1. The van der Waals surface area contributed by atoms with Crippen LogP contribution in [0.2, 0.25) is 0 Å². The quantitative estimate of drug-likeness (QED) is 0.714. The number of halogens is 3. The normalized spacial score (nSPS) is 15.9. The van der Waals surface area contributed by atoms with Gasteiger partial charge in [-0.3, -0.25) is 4.98 Å². The lowest BCUT2D eigenvalue weighted by atomic mass is 10.1. The van der Waals surface area contributed by atoms with Crippen LogP contribution in [-0.2, 0) is 6.18 Å². The van der Waals surface area contributed by atoms with E-state index in [0.717, 1.165) is 12.3 Å². The van der Waals surface area contributed by atoms with Crippen LogP contribution < -0.4 is 0 Å². The Bertz CT molecular complexity index is 359. The molecule has 1 aromatic heterocycles. The van der Waals surface area contributed by atoms with Crippen molar-refractivity contribution >= 4 is 12.6 Å². The van der Waals surface area contributed by atoms with E-state index in [1.54, 1.807) is 0 Å². The minimum atomic E-state index is -4.50. The van der Waals surface area contributed by atoms with E-state index in [4.69, 9.17) is 0 Å². The van der Waals surface area contributed by atoms with Gasteiger partial charge in [0.1, 0.15) is 6.10 Å². The Morgan fingerprint density at radius 2 is 2.00 bits per heavy atom. The SMILES string of the molecule is OC(CS)C(O)c1cc(C(F)(F)F)ccn1. The molecule has 0 spiro atoms. The number of aromatic nitrogens is 1. The smallest absolute Gasteiger partial charge is 0.389 e. The van der Waals surface area contributed by atoms with E-state index in [1.165, 1.54) is 0 Å². The molecule has 2 unspecified atom stereocenters. The molecule has 0 radical (unpaired) electrons. The van der Waals surface area contributed by atoms with Crippen molar-refractivity contribution in [1.82, 2.24) is 4.98 Å². The predicted molar refractivity (Wildman–Crippen MR) is 54.1 cm³/mol. The van der Waals surface area contributed by atoms with Crippen LogP contribution in [0.4, 0.5) is 13.2 Å². The summed E-state index contributed by atoms with van der Waals surface area (Å²) in [6.07, 6.45) is -6.28. The average molecular weight is 253 g/mol. The molecule has 0 aromatic carbocycles. The first kappa shape index (κ1) is 13.3. The molecule has 90 valence electrons. The minimum Gasteiger partial charge on any atom is -0.389 e. The summed E-state index contributed by atoms with van der Waals surface area (Å²) in [5.41, 5.74) is -1.14. The number of alkyl halides is 3. The summed E-state index contributed by atoms with van der Waals surface area (Å²) in [5.74, 6) is -0.0703. The van der Waals surface area contributed by atoms with E-state index >= 15 is 0 Å². The number of hydrogen-bond donors (Lipinski definition) is 3. The average Bonchev–Trinajstić information content (AvgIpc) is 2.26. The standard InChI is InChI=1S/C9H10F3NO2S/c10-9(11,12)5-1-2-13-6(3-5)8(15)7(14)4-16/h1-3,7-8,14-16H,4H2. The van der Waals surface area contributed by atoms with Crippen LogP contribution in [0.25, 0.3) is 0 Å². The molecule has 0 aliphatic heterocycles. The van der Waals surface area contributed by atoms with Crippen molar-refractivity contribution in [3.05, 3.63) is 29.6 Å². The highest BCUT2D eigenvalue weighted by atomic mass is 32.1. The Morgan fingerprint density at radius 1 is 1.38 bits per heavy atom. The van der Waals surface area contributed by atoms with Gasteiger partial charge in [-0.05, 0) is 12.1 Å². The molecule has 0 amide bonds. The summed E-state index contributed by atoms with van der Waals surface area (Å²) in [4.78, 5) is 3.58. The van der Waals surface area contributed by atoms with Gasteiger partial charge in [0.05, 0.1) is 17.4 Å². The molecule has 16 heavy (non-hydrogen) atoms. The van der Waals surface area contributed by atoms with Gasteiger partial charge in [-0.2, -0.15) is 25.8 Å². The van der Waals surface area contributed by atoms with Crippen LogP contribution in [-0.4, -0.2) is 27.1 Å². The first-order chi connectivity index (χ1) is 7.36. The number of hydrogen-bond acceptors (Lipinski definition) is 4. The topological polar surface area (TPSA) is 53.4 Å². The Hall–Kier alpha value is -0.790. The summed E-state index contributed by atoms with van der Waals surface area (Å²) >= 11 is 3.73. The van der Waals surface area contributed by atoms with E-state index in [2.05, 4.69) is 17.6 Å². The molecule has 1 aromatic rings. The second kappa shape index (κ2) is 5.03. The van der Waals surface area contributed by atoms with E-state index in [0.29, 0.717) is 6.07 Å². The van der Waals surface area contributed by atoms with Gasteiger partial charge in [0, 0.05) is 11.9 Å². The molecule has 2 N–H and O–H groups in total. The highest BCUT2D eigenvalue weighted by molar-refractivity contribution is 7.80. The zero-order chi connectivity index (χ0) is 12.3. The fourth-order valence-corrected chi connectivity index (χ4v) is 1.28. The zero-order valence-electron chi connectivity index (χ0n) is 8.02. The Morgan fingerprint density at radius 3 is 2.50 bits per heavy atom. The maximum atomic E-state index is 12.3. The molecule has 1 rings (SSSR count). The minimum absolute atomic E-state index is 0.0703. The van der Waals surface area contributed by atoms with Gasteiger partial charge in [-0.1, -0.05) is 0 Å². The van der Waals surface area contributed by atoms with Crippen LogP contribution in [0.15, 0.2) is 18.3 Å². The lowest BCUT2D eigenvalue weighted by Crippen LogP contribution is -2.21. The van der Waals surface area contributed by atoms with Gasteiger partial charge in [0.25, 0.3) is 0 Å². The first-order valence-corrected chi connectivity index (χ1v) is 4.99. The number of aliphatic hydroxyl groups is 2. The largest absolute Gasteiger partial charge is 0.416 e. The highest BCUT2D eigenvalue weighted by Gasteiger charge is 2.31. The van der Waals surface area contributed by atoms with Gasteiger partial charge in [0.2, 0.25) is 0 Å². The third-order valence-electron chi connectivity index (χ3n) is 1.96. The molecule has 0 fully saturated rings. The van der Waals surface area contributed by atoms with Crippen LogP contribution in [0.5, 0.6) is 0 Å². The summed E-state index contributed by atoms with van der Waals surface area (Å²) in [6, 6.07) is 1.50. The summed E-state index contributed by atoms with van der Waals surface area (Å²) < 4.78 is 37.0. The lowest BCUT2D eigenvalue weighted by molar-refractivity contribution is -0.137. The lowest BCUT2D eigenvalue weighted by Gasteiger charge is -2.16. The van der Waals surface area contributed by atoms with Gasteiger partial charge in [-0.15, -0.1) is 0 Å². The number of thiol groups is 1. The van der Waals surface area contributed by atoms with Crippen molar-refractivity contribution in [1.29, 1.82) is 0 Å². The van der Waals surface area contributed by atoms with Crippen LogP contribution >= 0.6 is 12.6 Å². The van der Waals surface area contributed by atoms with Crippen molar-refractivity contribution in [3.63, 3.8) is 0 Å². The highest BCUT2D eigenvalue weighted by Crippen LogP contribution is 2.30. The molecule has 3 nitrogen and oxygen atoms in total. The molecule has 7 heteroatoms. The molecule has 0 aliphatic rings. The first-order valence-electron chi connectivity index (χ1n) is 4.36. The van der Waals surface area contributed by atoms with E-state index in [9.17, 15) is 23.4 Å². The molecule has 0 saturated heterocycles. The van der Waals surface area contributed by atoms with Crippen molar-refractivity contribution < 1.29 is 23.4 Å². The van der Waals surface area contributed by atoms with Crippen molar-refractivity contribution in [2.24, 2.45) is 0 Å². The molecule has 1 heterocycles. The Labute approximate surface area is 95.4 Å². The number of aliphatic hydroxyl groups excluding tert-OH is 2. The third-order valence-corrected chi connectivity index (χ3v) is 2.34. The Balaban J connectivity index is 2.99. The second-order valence-electron chi connectivity index (χ2n) is 3.16. The molecule has 0 bridgehead atoms. The monoisotopic (exact) mass is 253 g/mol. The number of pyridine rings is 1. The van der Waals surface area contributed by atoms with Crippen LogP contribution in [0.1, 0.15) is 17.4 Å². The maximum absolute atomic E-state index is 12.3. The molecular weight excluding hydrogens is 243 g/mol. The second-order valence-corrected chi connectivity index (χ2v) is 3.53. The summed E-state index contributed by atoms with van der Waals surface area (Å²) in [5, 5.41) is 18.7. The molecule has 2 atom stereocenters.